The molecule has 0 bridgehead atoms. The number of thiophene rings is 1. The molecule has 6 nitrogen and oxygen atoms in total. The van der Waals surface area contributed by atoms with E-state index in [1.807, 2.05) is 11.4 Å². The molecule has 0 spiro atoms. The van der Waals surface area contributed by atoms with Gasteiger partial charge in [0.15, 0.2) is 5.70 Å². The SMILES string of the molecule is O=C1OC(c2cccc([N+](=O)[O-])c2)=N/C1=C/c1csc(Br)c1. The van der Waals surface area contributed by atoms with E-state index >= 15 is 0 Å². The first-order valence-electron chi connectivity index (χ1n) is 6.04. The second-order valence-corrected chi connectivity index (χ2v) is 6.62. The maximum atomic E-state index is 11.8. The summed E-state index contributed by atoms with van der Waals surface area (Å²) in [6, 6.07) is 7.65. The molecule has 0 aliphatic carbocycles. The van der Waals surface area contributed by atoms with E-state index in [0.29, 0.717) is 5.56 Å². The van der Waals surface area contributed by atoms with Crippen molar-refractivity contribution >= 4 is 50.9 Å². The maximum Gasteiger partial charge on any atom is 0.363 e. The fourth-order valence-corrected chi connectivity index (χ4v) is 2.98. The van der Waals surface area contributed by atoms with Crippen LogP contribution in [0.25, 0.3) is 6.08 Å². The molecular weight excluding hydrogens is 372 g/mol. The summed E-state index contributed by atoms with van der Waals surface area (Å²) < 4.78 is 6.02. The Hall–Kier alpha value is -2.32. The Balaban J connectivity index is 1.94. The zero-order chi connectivity index (χ0) is 15.7. The van der Waals surface area contributed by atoms with Gasteiger partial charge in [-0.05, 0) is 45.1 Å². The van der Waals surface area contributed by atoms with Gasteiger partial charge < -0.3 is 4.74 Å². The summed E-state index contributed by atoms with van der Waals surface area (Å²) in [5, 5.41) is 12.6. The molecule has 1 aromatic heterocycles. The molecule has 0 N–H and O–H groups in total. The molecule has 3 rings (SSSR count). The molecule has 0 saturated heterocycles. The number of nitro groups is 1. The third kappa shape index (κ3) is 2.97. The Labute approximate surface area is 137 Å². The summed E-state index contributed by atoms with van der Waals surface area (Å²) in [4.78, 5) is 26.2. The standard InChI is InChI=1S/C14H7BrN2O4S/c15-12-5-8(7-22-12)4-11-14(18)21-13(16-11)9-2-1-3-10(6-9)17(19)20/h1-7H/b11-4+. The highest BCUT2D eigenvalue weighted by Crippen LogP contribution is 2.25. The van der Waals surface area contributed by atoms with Gasteiger partial charge >= 0.3 is 5.97 Å². The van der Waals surface area contributed by atoms with Crippen LogP contribution in [0.5, 0.6) is 0 Å². The lowest BCUT2D eigenvalue weighted by atomic mass is 10.2. The van der Waals surface area contributed by atoms with Gasteiger partial charge in [0, 0.05) is 17.7 Å². The van der Waals surface area contributed by atoms with Gasteiger partial charge in [0.2, 0.25) is 5.90 Å². The Morgan fingerprint density at radius 1 is 1.36 bits per heavy atom. The molecule has 0 radical (unpaired) electrons. The van der Waals surface area contributed by atoms with Crippen molar-refractivity contribution in [1.29, 1.82) is 0 Å². The molecule has 0 fully saturated rings. The minimum atomic E-state index is -0.580. The van der Waals surface area contributed by atoms with E-state index in [2.05, 4.69) is 20.9 Å². The number of ether oxygens (including phenoxy) is 1. The first-order valence-corrected chi connectivity index (χ1v) is 7.71. The summed E-state index contributed by atoms with van der Waals surface area (Å²) in [5.41, 5.74) is 1.28. The molecule has 1 aliphatic heterocycles. The summed E-state index contributed by atoms with van der Waals surface area (Å²) >= 11 is 4.83. The monoisotopic (exact) mass is 378 g/mol. The number of aliphatic imine (C=N–C) groups is 1. The lowest BCUT2D eigenvalue weighted by molar-refractivity contribution is -0.384. The topological polar surface area (TPSA) is 81.8 Å². The minimum Gasteiger partial charge on any atom is -0.402 e. The third-order valence-electron chi connectivity index (χ3n) is 2.82. The van der Waals surface area contributed by atoms with Crippen LogP contribution in [-0.2, 0) is 9.53 Å². The molecule has 110 valence electrons. The van der Waals surface area contributed by atoms with Crippen LogP contribution in [0.3, 0.4) is 0 Å². The Morgan fingerprint density at radius 2 is 2.18 bits per heavy atom. The van der Waals surface area contributed by atoms with E-state index in [-0.39, 0.29) is 17.3 Å². The highest BCUT2D eigenvalue weighted by molar-refractivity contribution is 9.11. The molecular formula is C14H7BrN2O4S. The average Bonchev–Trinajstić information content (AvgIpc) is 3.06. The predicted octanol–water partition coefficient (Wildman–Crippen LogP) is 3.76. The fraction of sp³-hybridized carbons (Fsp3) is 0. The molecule has 1 aliphatic rings. The van der Waals surface area contributed by atoms with Crippen LogP contribution >= 0.6 is 27.3 Å². The van der Waals surface area contributed by atoms with Crippen molar-refractivity contribution in [2.24, 2.45) is 4.99 Å². The van der Waals surface area contributed by atoms with Crippen LogP contribution in [0.15, 0.2) is 50.2 Å². The number of carbonyl (C=O) groups is 1. The van der Waals surface area contributed by atoms with Crippen LogP contribution in [0.4, 0.5) is 5.69 Å². The molecule has 0 unspecified atom stereocenters. The van der Waals surface area contributed by atoms with Gasteiger partial charge in [-0.1, -0.05) is 6.07 Å². The van der Waals surface area contributed by atoms with Crippen molar-refractivity contribution < 1.29 is 14.5 Å². The van der Waals surface area contributed by atoms with Gasteiger partial charge in [0.25, 0.3) is 5.69 Å². The normalized spacial score (nSPS) is 15.8. The Morgan fingerprint density at radius 3 is 2.86 bits per heavy atom. The lowest BCUT2D eigenvalue weighted by Crippen LogP contribution is -2.05. The zero-order valence-corrected chi connectivity index (χ0v) is 13.3. The van der Waals surface area contributed by atoms with Crippen LogP contribution in [0, 0.1) is 10.1 Å². The predicted molar refractivity (Wildman–Crippen MR) is 85.7 cm³/mol. The molecule has 0 amide bonds. The summed E-state index contributed by atoms with van der Waals surface area (Å²) in [7, 11) is 0. The van der Waals surface area contributed by atoms with E-state index in [4.69, 9.17) is 4.74 Å². The first kappa shape index (κ1) is 14.6. The van der Waals surface area contributed by atoms with Crippen LogP contribution < -0.4 is 0 Å². The van der Waals surface area contributed by atoms with Gasteiger partial charge in [-0.2, -0.15) is 0 Å². The maximum absolute atomic E-state index is 11.8. The third-order valence-corrected chi connectivity index (χ3v) is 4.34. The number of cyclic esters (lactones) is 1. The van der Waals surface area contributed by atoms with Crippen molar-refractivity contribution in [3.63, 3.8) is 0 Å². The number of non-ortho nitro benzene ring substituents is 1. The van der Waals surface area contributed by atoms with Crippen LogP contribution in [-0.4, -0.2) is 16.8 Å². The van der Waals surface area contributed by atoms with E-state index in [1.165, 1.54) is 29.5 Å². The highest BCUT2D eigenvalue weighted by atomic mass is 79.9. The largest absolute Gasteiger partial charge is 0.402 e. The molecule has 2 heterocycles. The van der Waals surface area contributed by atoms with Crippen molar-refractivity contribution in [3.8, 4) is 0 Å². The molecule has 2 aromatic rings. The number of hydrogen-bond acceptors (Lipinski definition) is 6. The smallest absolute Gasteiger partial charge is 0.363 e. The van der Waals surface area contributed by atoms with Crippen LogP contribution in [0.1, 0.15) is 11.1 Å². The summed E-state index contributed by atoms with van der Waals surface area (Å²) in [5.74, 6) is -0.516. The van der Waals surface area contributed by atoms with Gasteiger partial charge in [0.1, 0.15) is 0 Å². The molecule has 8 heteroatoms. The minimum absolute atomic E-state index is 0.0641. The van der Waals surface area contributed by atoms with Crippen molar-refractivity contribution in [2.45, 2.75) is 0 Å². The van der Waals surface area contributed by atoms with Crippen molar-refractivity contribution in [2.75, 3.05) is 0 Å². The van der Waals surface area contributed by atoms with Gasteiger partial charge in [-0.25, -0.2) is 9.79 Å². The fourth-order valence-electron chi connectivity index (χ4n) is 1.84. The molecule has 0 saturated carbocycles. The quantitative estimate of drug-likeness (QED) is 0.352. The lowest BCUT2D eigenvalue weighted by Gasteiger charge is -1.98. The van der Waals surface area contributed by atoms with Crippen molar-refractivity contribution in [1.82, 2.24) is 0 Å². The van der Waals surface area contributed by atoms with Gasteiger partial charge in [-0.15, -0.1) is 11.3 Å². The number of carbonyl (C=O) groups excluding carboxylic acids is 1. The summed E-state index contributed by atoms with van der Waals surface area (Å²) in [6.45, 7) is 0. The number of benzene rings is 1. The second kappa shape index (κ2) is 5.82. The highest BCUT2D eigenvalue weighted by Gasteiger charge is 2.25. The van der Waals surface area contributed by atoms with Crippen molar-refractivity contribution in [3.05, 3.63) is 66.4 Å². The number of rotatable bonds is 3. The molecule has 1 aromatic carbocycles. The average molecular weight is 379 g/mol. The number of nitrogens with zero attached hydrogens (tertiary/aromatic N) is 2. The second-order valence-electron chi connectivity index (χ2n) is 4.33. The Kier molecular flexibility index (Phi) is 3.86. The first-order chi connectivity index (χ1) is 10.5. The molecule has 0 atom stereocenters. The number of halogens is 1. The summed E-state index contributed by atoms with van der Waals surface area (Å²) in [6.07, 6.45) is 1.61. The number of nitro benzene ring substituents is 1. The van der Waals surface area contributed by atoms with E-state index in [1.54, 1.807) is 12.1 Å². The van der Waals surface area contributed by atoms with Gasteiger partial charge in [-0.3, -0.25) is 10.1 Å². The Bertz CT molecular complexity index is 841. The number of hydrogen-bond donors (Lipinski definition) is 0. The van der Waals surface area contributed by atoms with Crippen LogP contribution in [0.2, 0.25) is 0 Å². The number of esters is 1. The van der Waals surface area contributed by atoms with Gasteiger partial charge in [0.05, 0.1) is 8.71 Å². The van der Waals surface area contributed by atoms with E-state index in [0.717, 1.165) is 9.35 Å². The zero-order valence-electron chi connectivity index (χ0n) is 10.9. The van der Waals surface area contributed by atoms with E-state index in [9.17, 15) is 14.9 Å². The van der Waals surface area contributed by atoms with E-state index < -0.39 is 10.9 Å². The molecule has 22 heavy (non-hydrogen) atoms.